The summed E-state index contributed by atoms with van der Waals surface area (Å²) in [6, 6.07) is 0.193. The maximum absolute atomic E-state index is 13.3. The number of carbonyl (C=O) groups is 1. The number of halogens is 3. The zero-order chi connectivity index (χ0) is 13.9. The summed E-state index contributed by atoms with van der Waals surface area (Å²) in [6.45, 7) is 0. The van der Waals surface area contributed by atoms with Crippen LogP contribution in [0.2, 0.25) is 0 Å². The van der Waals surface area contributed by atoms with Gasteiger partial charge in [0.05, 0.1) is 0 Å². The van der Waals surface area contributed by atoms with Crippen molar-refractivity contribution in [3.05, 3.63) is 0 Å². The van der Waals surface area contributed by atoms with Crippen molar-refractivity contribution >= 4 is 21.8 Å². The van der Waals surface area contributed by atoms with Crippen LogP contribution < -0.4 is 5.32 Å². The first-order valence-corrected chi connectivity index (χ1v) is 8.36. The smallest absolute Gasteiger partial charge is 0.248 e. The van der Waals surface area contributed by atoms with E-state index in [-0.39, 0.29) is 24.8 Å². The lowest BCUT2D eigenvalue weighted by atomic mass is 9.84. The highest BCUT2D eigenvalue weighted by molar-refractivity contribution is 9.09. The number of hydrogen-bond acceptors (Lipinski definition) is 1. The normalized spacial score (nSPS) is 34.8. The van der Waals surface area contributed by atoms with E-state index in [4.69, 9.17) is 0 Å². The molecule has 0 aromatic heterocycles. The highest BCUT2D eigenvalue weighted by atomic mass is 79.9. The maximum Gasteiger partial charge on any atom is 0.248 e. The lowest BCUT2D eigenvalue weighted by Gasteiger charge is -2.32. The molecule has 0 heterocycles. The van der Waals surface area contributed by atoms with Gasteiger partial charge in [-0.1, -0.05) is 15.9 Å². The van der Waals surface area contributed by atoms with Gasteiger partial charge in [0, 0.05) is 30.1 Å². The Morgan fingerprint density at radius 1 is 1.21 bits per heavy atom. The Labute approximate surface area is 121 Å². The zero-order valence-electron chi connectivity index (χ0n) is 11.1. The van der Waals surface area contributed by atoms with Crippen LogP contribution in [0.3, 0.4) is 0 Å². The van der Waals surface area contributed by atoms with Crippen LogP contribution in [0.4, 0.5) is 8.78 Å². The Balaban J connectivity index is 1.78. The van der Waals surface area contributed by atoms with Crippen LogP contribution in [-0.4, -0.2) is 23.2 Å². The average molecular weight is 338 g/mol. The van der Waals surface area contributed by atoms with Gasteiger partial charge in [0.25, 0.3) is 0 Å². The Bertz CT molecular complexity index is 317. The number of carbonyl (C=O) groups excluding carboxylic acids is 1. The van der Waals surface area contributed by atoms with Crippen LogP contribution in [0.25, 0.3) is 0 Å². The number of rotatable bonds is 3. The molecule has 1 N–H and O–H groups in total. The van der Waals surface area contributed by atoms with E-state index < -0.39 is 11.8 Å². The lowest BCUT2D eigenvalue weighted by Crippen LogP contribution is -2.43. The van der Waals surface area contributed by atoms with Crippen molar-refractivity contribution in [1.29, 1.82) is 0 Å². The molecule has 0 saturated heterocycles. The second-order valence-corrected chi connectivity index (χ2v) is 6.68. The minimum Gasteiger partial charge on any atom is -0.353 e. The fourth-order valence-electron chi connectivity index (χ4n) is 3.18. The molecule has 2 aliphatic carbocycles. The summed E-state index contributed by atoms with van der Waals surface area (Å²) >= 11 is 3.49. The maximum atomic E-state index is 13.3. The standard InChI is InChI=1S/C14H22BrF2NO/c15-9-10-3-5-12(6-4-10)18-13(19)11-2-1-7-14(16,17)8-11/h10-12H,1-9H2,(H,18,19). The van der Waals surface area contributed by atoms with Gasteiger partial charge in [-0.25, -0.2) is 8.78 Å². The fraction of sp³-hybridized carbons (Fsp3) is 0.929. The fourth-order valence-corrected chi connectivity index (χ4v) is 3.82. The van der Waals surface area contributed by atoms with Crippen LogP contribution in [0.1, 0.15) is 51.4 Å². The van der Waals surface area contributed by atoms with Crippen molar-refractivity contribution in [3.63, 3.8) is 0 Å². The number of alkyl halides is 3. The Kier molecular flexibility index (Phi) is 5.21. The first kappa shape index (κ1) is 15.2. The molecule has 2 saturated carbocycles. The monoisotopic (exact) mass is 337 g/mol. The van der Waals surface area contributed by atoms with Crippen LogP contribution >= 0.6 is 15.9 Å². The Morgan fingerprint density at radius 2 is 1.89 bits per heavy atom. The quantitative estimate of drug-likeness (QED) is 0.778. The van der Waals surface area contributed by atoms with Crippen molar-refractivity contribution in [1.82, 2.24) is 5.32 Å². The average Bonchev–Trinajstić information content (AvgIpc) is 2.38. The van der Waals surface area contributed by atoms with E-state index in [0.29, 0.717) is 18.8 Å². The Hall–Kier alpha value is -0.190. The summed E-state index contributed by atoms with van der Waals surface area (Å²) in [5, 5.41) is 4.00. The van der Waals surface area contributed by atoms with Gasteiger partial charge < -0.3 is 5.32 Å². The molecule has 0 bridgehead atoms. The third-order valence-corrected chi connectivity index (χ3v) is 5.34. The largest absolute Gasteiger partial charge is 0.353 e. The molecule has 1 unspecified atom stereocenters. The van der Waals surface area contributed by atoms with E-state index in [2.05, 4.69) is 21.2 Å². The predicted molar refractivity (Wildman–Crippen MR) is 74.6 cm³/mol. The van der Waals surface area contributed by atoms with Crippen molar-refractivity contribution in [2.45, 2.75) is 63.3 Å². The van der Waals surface area contributed by atoms with E-state index >= 15 is 0 Å². The summed E-state index contributed by atoms with van der Waals surface area (Å²) in [6.07, 6.45) is 4.91. The molecule has 2 nitrogen and oxygen atoms in total. The number of nitrogens with one attached hydrogen (secondary N) is 1. The van der Waals surface area contributed by atoms with Crippen molar-refractivity contribution in [2.24, 2.45) is 11.8 Å². The SMILES string of the molecule is O=C(NC1CCC(CBr)CC1)C1CCCC(F)(F)C1. The van der Waals surface area contributed by atoms with Gasteiger partial charge >= 0.3 is 0 Å². The molecule has 2 fully saturated rings. The summed E-state index contributed by atoms with van der Waals surface area (Å²) < 4.78 is 26.6. The molecule has 0 aromatic carbocycles. The second-order valence-electron chi connectivity index (χ2n) is 6.03. The second kappa shape index (κ2) is 6.51. The molecule has 0 spiro atoms. The number of hydrogen-bond donors (Lipinski definition) is 1. The zero-order valence-corrected chi connectivity index (χ0v) is 12.7. The summed E-state index contributed by atoms with van der Waals surface area (Å²) in [5.41, 5.74) is 0. The van der Waals surface area contributed by atoms with Gasteiger partial charge in [-0.2, -0.15) is 0 Å². The topological polar surface area (TPSA) is 29.1 Å². The molecule has 1 amide bonds. The third-order valence-electron chi connectivity index (χ3n) is 4.42. The van der Waals surface area contributed by atoms with Crippen molar-refractivity contribution in [2.75, 3.05) is 5.33 Å². The minimum absolute atomic E-state index is 0.0624. The van der Waals surface area contributed by atoms with E-state index in [1.165, 1.54) is 0 Å². The van der Waals surface area contributed by atoms with Gasteiger partial charge in [0.15, 0.2) is 0 Å². The van der Waals surface area contributed by atoms with E-state index in [9.17, 15) is 13.6 Å². The first-order chi connectivity index (χ1) is 9.00. The Morgan fingerprint density at radius 3 is 2.47 bits per heavy atom. The van der Waals surface area contributed by atoms with Gasteiger partial charge in [0.2, 0.25) is 11.8 Å². The molecule has 0 aromatic rings. The highest BCUT2D eigenvalue weighted by Gasteiger charge is 2.39. The first-order valence-electron chi connectivity index (χ1n) is 7.24. The summed E-state index contributed by atoms with van der Waals surface area (Å²) in [7, 11) is 0. The molecular formula is C14H22BrF2NO. The molecule has 19 heavy (non-hydrogen) atoms. The predicted octanol–water partition coefficient (Wildman–Crippen LogP) is 3.88. The van der Waals surface area contributed by atoms with Gasteiger partial charge in [-0.15, -0.1) is 0 Å². The van der Waals surface area contributed by atoms with Crippen LogP contribution in [0.5, 0.6) is 0 Å². The summed E-state index contributed by atoms with van der Waals surface area (Å²) in [4.78, 5) is 12.1. The van der Waals surface area contributed by atoms with Crippen LogP contribution in [0.15, 0.2) is 0 Å². The van der Waals surface area contributed by atoms with Gasteiger partial charge in [0.1, 0.15) is 0 Å². The van der Waals surface area contributed by atoms with E-state index in [1.54, 1.807) is 0 Å². The molecule has 1 atom stereocenters. The molecule has 2 aliphatic rings. The molecule has 0 aliphatic heterocycles. The van der Waals surface area contributed by atoms with Crippen LogP contribution in [-0.2, 0) is 4.79 Å². The highest BCUT2D eigenvalue weighted by Crippen LogP contribution is 2.37. The molecule has 110 valence electrons. The minimum atomic E-state index is -2.64. The number of amides is 1. The summed E-state index contributed by atoms with van der Waals surface area (Å²) in [5.74, 6) is -2.58. The molecule has 0 radical (unpaired) electrons. The van der Waals surface area contributed by atoms with Crippen molar-refractivity contribution in [3.8, 4) is 0 Å². The van der Waals surface area contributed by atoms with Gasteiger partial charge in [-0.3, -0.25) is 4.79 Å². The van der Waals surface area contributed by atoms with E-state index in [0.717, 1.165) is 31.0 Å². The van der Waals surface area contributed by atoms with Crippen molar-refractivity contribution < 1.29 is 13.6 Å². The van der Waals surface area contributed by atoms with Crippen LogP contribution in [0, 0.1) is 11.8 Å². The molecule has 2 rings (SSSR count). The van der Waals surface area contributed by atoms with Gasteiger partial charge in [-0.05, 0) is 44.4 Å². The third kappa shape index (κ3) is 4.40. The molecular weight excluding hydrogens is 316 g/mol. The van der Waals surface area contributed by atoms with E-state index in [1.807, 2.05) is 0 Å². The molecule has 5 heteroatoms. The lowest BCUT2D eigenvalue weighted by molar-refractivity contribution is -0.133.